The Morgan fingerprint density at radius 1 is 0.773 bits per heavy atom. The Kier molecular flexibility index (Phi) is 7.16. The molecule has 0 amide bonds. The Balaban J connectivity index is 1.17. The number of nitrogens with zero attached hydrogens (tertiary/aromatic N) is 8. The largest absolute Gasteiger partial charge is 0.756 e. The second-order valence-corrected chi connectivity index (χ2v) is 12.9. The molecule has 4 unspecified atom stereocenters. The molecule has 0 saturated carbocycles. The average Bonchev–Trinajstić information content (AvgIpc) is 3.73. The van der Waals surface area contributed by atoms with E-state index in [4.69, 9.17) is 50.5 Å². The molecule has 22 nitrogen and oxygen atoms in total. The Labute approximate surface area is 245 Å². The third-order valence-electron chi connectivity index (χ3n) is 7.41. The van der Waals surface area contributed by atoms with E-state index in [0.717, 1.165) is 0 Å². The number of nitrogens with two attached hydrogens (primary N) is 4. The number of ether oxygens (including phenoxy) is 2. The fourth-order valence-electron chi connectivity index (χ4n) is 5.37. The van der Waals surface area contributed by atoms with Gasteiger partial charge in [-0.05, 0) is 0 Å². The van der Waals surface area contributed by atoms with Gasteiger partial charge in [-0.2, -0.15) is 0 Å². The van der Waals surface area contributed by atoms with Gasteiger partial charge in [-0.15, -0.1) is 0 Å². The van der Waals surface area contributed by atoms with Crippen molar-refractivity contribution in [2.45, 2.75) is 49.0 Å². The van der Waals surface area contributed by atoms with E-state index in [9.17, 15) is 18.9 Å². The molecule has 24 heteroatoms. The number of phosphoric ester groups is 2. The van der Waals surface area contributed by atoms with Gasteiger partial charge >= 0.3 is 7.82 Å². The first kappa shape index (κ1) is 29.5. The van der Waals surface area contributed by atoms with Crippen LogP contribution >= 0.6 is 15.6 Å². The molecule has 3 fully saturated rings. The first-order valence-corrected chi connectivity index (χ1v) is 15.9. The van der Waals surface area contributed by atoms with E-state index >= 15 is 0 Å². The lowest BCUT2D eigenvalue weighted by Crippen LogP contribution is -2.44. The number of hydrogen-bond acceptors (Lipinski definition) is 19. The maximum Gasteiger partial charge on any atom is 0.472 e. The summed E-state index contributed by atoms with van der Waals surface area (Å²) in [5.74, 6) is 0.185. The second kappa shape index (κ2) is 10.7. The molecule has 9 N–H and O–H groups in total. The maximum atomic E-state index is 13.1. The van der Waals surface area contributed by atoms with Gasteiger partial charge in [0.1, 0.15) is 48.1 Å². The molecule has 3 aliphatic rings. The van der Waals surface area contributed by atoms with E-state index in [1.165, 1.54) is 34.4 Å². The Morgan fingerprint density at radius 3 is 1.77 bits per heavy atom. The third kappa shape index (κ3) is 5.04. The van der Waals surface area contributed by atoms with Gasteiger partial charge in [0.15, 0.2) is 35.4 Å². The molecule has 0 aliphatic carbocycles. The minimum absolute atomic E-state index is 0.0917. The molecular formula is C20H25N12O10P2-. The summed E-state index contributed by atoms with van der Waals surface area (Å²) < 4.78 is 62.0. The van der Waals surface area contributed by atoms with Gasteiger partial charge in [0.2, 0.25) is 0 Å². The van der Waals surface area contributed by atoms with Crippen LogP contribution in [0.4, 0.5) is 11.6 Å². The molecule has 236 valence electrons. The van der Waals surface area contributed by atoms with Crippen LogP contribution in [-0.4, -0.2) is 93.6 Å². The van der Waals surface area contributed by atoms with Crippen molar-refractivity contribution in [2.75, 3.05) is 24.7 Å². The molecule has 44 heavy (non-hydrogen) atoms. The van der Waals surface area contributed by atoms with Crippen LogP contribution < -0.4 is 27.8 Å². The molecule has 0 bridgehead atoms. The van der Waals surface area contributed by atoms with E-state index in [-0.39, 0.29) is 34.0 Å². The van der Waals surface area contributed by atoms with Crippen molar-refractivity contribution in [1.29, 1.82) is 0 Å². The predicted octanol–water partition coefficient (Wildman–Crippen LogP) is -2.33. The fraction of sp³-hybridized carbons (Fsp3) is 0.500. The van der Waals surface area contributed by atoms with Crippen molar-refractivity contribution in [2.24, 2.45) is 11.5 Å². The quantitative estimate of drug-likeness (QED) is 0.141. The zero-order valence-electron chi connectivity index (χ0n) is 22.2. The maximum absolute atomic E-state index is 13.1. The van der Waals surface area contributed by atoms with Gasteiger partial charge in [-0.25, -0.2) is 34.5 Å². The van der Waals surface area contributed by atoms with Crippen molar-refractivity contribution in [3.8, 4) is 0 Å². The highest BCUT2D eigenvalue weighted by Crippen LogP contribution is 2.52. The van der Waals surface area contributed by atoms with Crippen molar-refractivity contribution in [1.82, 2.24) is 39.0 Å². The monoisotopic (exact) mass is 655 g/mol. The molecule has 4 aromatic rings. The van der Waals surface area contributed by atoms with Crippen molar-refractivity contribution in [3.63, 3.8) is 0 Å². The molecule has 0 spiro atoms. The molecule has 3 aliphatic heterocycles. The van der Waals surface area contributed by atoms with Gasteiger partial charge in [-0.3, -0.25) is 22.7 Å². The Bertz CT molecular complexity index is 1690. The lowest BCUT2D eigenvalue weighted by Gasteiger charge is -2.32. The van der Waals surface area contributed by atoms with Crippen molar-refractivity contribution in [3.05, 3.63) is 25.3 Å². The van der Waals surface area contributed by atoms with Crippen LogP contribution in [-0.2, 0) is 36.7 Å². The smallest absolute Gasteiger partial charge is 0.472 e. The highest BCUT2D eigenvalue weighted by atomic mass is 31.2. The van der Waals surface area contributed by atoms with Crippen LogP contribution in [0.1, 0.15) is 12.5 Å². The summed E-state index contributed by atoms with van der Waals surface area (Å²) in [6, 6.07) is -2.37. The molecule has 3 saturated heterocycles. The summed E-state index contributed by atoms with van der Waals surface area (Å²) >= 11 is 0. The number of hydrogen-bond donors (Lipinski definition) is 5. The summed E-state index contributed by atoms with van der Waals surface area (Å²) in [5, 5.41) is 0. The summed E-state index contributed by atoms with van der Waals surface area (Å²) in [4.78, 5) is 48.1. The first-order valence-electron chi connectivity index (χ1n) is 12.9. The Hall–Kier alpha value is -3.24. The van der Waals surface area contributed by atoms with Crippen LogP contribution in [0.5, 0.6) is 0 Å². The second-order valence-electron chi connectivity index (χ2n) is 10.1. The first-order chi connectivity index (χ1) is 20.9. The highest BCUT2D eigenvalue weighted by molar-refractivity contribution is 7.47. The highest BCUT2D eigenvalue weighted by Gasteiger charge is 2.52. The van der Waals surface area contributed by atoms with E-state index in [0.29, 0.717) is 0 Å². The summed E-state index contributed by atoms with van der Waals surface area (Å²) in [5.41, 5.74) is 25.5. The lowest BCUT2D eigenvalue weighted by molar-refractivity contribution is -0.234. The number of rotatable bonds is 2. The minimum atomic E-state index is -5.13. The van der Waals surface area contributed by atoms with E-state index < -0.39 is 77.8 Å². The van der Waals surface area contributed by atoms with Crippen LogP contribution in [0.25, 0.3) is 22.3 Å². The summed E-state index contributed by atoms with van der Waals surface area (Å²) in [6.45, 7) is -1.41. The molecule has 0 aromatic carbocycles. The number of phosphoric acid groups is 2. The minimum Gasteiger partial charge on any atom is -0.756 e. The summed E-state index contributed by atoms with van der Waals surface area (Å²) in [6.07, 6.45) is -2.64. The van der Waals surface area contributed by atoms with Crippen LogP contribution in [0.3, 0.4) is 0 Å². The molecule has 7 heterocycles. The number of imidazole rings is 2. The number of fused-ring (bicyclic) bond motifs is 4. The van der Waals surface area contributed by atoms with E-state index in [1.807, 2.05) is 0 Å². The van der Waals surface area contributed by atoms with Crippen LogP contribution in [0.2, 0.25) is 0 Å². The average molecular weight is 655 g/mol. The Morgan fingerprint density at radius 2 is 1.25 bits per heavy atom. The van der Waals surface area contributed by atoms with Gasteiger partial charge in [0.05, 0.1) is 38.0 Å². The lowest BCUT2D eigenvalue weighted by atomic mass is 10.1. The standard InChI is InChI=1S/C20H26N12O10P2/c21-9-13-7(39-19(9)31-5-29-11-15(23)25-3-27-17(11)31)1-37-43(33,34)42-14-8(2-38-44(35,36)41-13)40-20(10(14)22)32-6-30-12-16(24)26-4-28-18(12)32/h3-10,13-14,19-20H,1-2,21-22H2,(H,33,34)(H,35,36)(H2,23,25,27)(H2,24,26,28)/p-1/t7-,8-,9?,10?,13+,14+,19-,20-/m1/s1. The molecule has 0 radical (unpaired) electrons. The SMILES string of the molecule is Nc1ncnc2c1ncn2[C@@H]1O[C@@H]2COP(=O)(O)O[C@@H]3C(N)[C@H](n4cnc5c(N)ncnc54)O[C@@H]3COP(=O)([O-])O[C@@H]2C1N. The number of aromatic nitrogens is 8. The molecule has 4 aromatic heterocycles. The molecule has 7 rings (SSSR count). The van der Waals surface area contributed by atoms with Crippen LogP contribution in [0.15, 0.2) is 25.3 Å². The van der Waals surface area contributed by atoms with Gasteiger partial charge in [-0.1, -0.05) is 0 Å². The third-order valence-corrected chi connectivity index (χ3v) is 9.36. The van der Waals surface area contributed by atoms with Gasteiger partial charge < -0.3 is 51.2 Å². The summed E-state index contributed by atoms with van der Waals surface area (Å²) in [7, 11) is -10.0. The van der Waals surface area contributed by atoms with Crippen molar-refractivity contribution < 1.29 is 46.5 Å². The van der Waals surface area contributed by atoms with E-state index in [1.54, 1.807) is 0 Å². The fourth-order valence-corrected chi connectivity index (χ4v) is 7.31. The van der Waals surface area contributed by atoms with Gasteiger partial charge in [0.25, 0.3) is 7.82 Å². The number of anilines is 2. The normalized spacial score (nSPS) is 38.3. The molecule has 10 atom stereocenters. The topological polar surface area (TPSA) is 324 Å². The zero-order valence-corrected chi connectivity index (χ0v) is 24.0. The van der Waals surface area contributed by atoms with Crippen molar-refractivity contribution >= 4 is 49.6 Å². The predicted molar refractivity (Wildman–Crippen MR) is 142 cm³/mol. The van der Waals surface area contributed by atoms with E-state index in [2.05, 4.69) is 29.9 Å². The van der Waals surface area contributed by atoms with Crippen LogP contribution in [0, 0.1) is 0 Å². The van der Waals surface area contributed by atoms with Gasteiger partial charge in [0, 0.05) is 0 Å². The molecular weight excluding hydrogens is 630 g/mol. The zero-order chi connectivity index (χ0) is 31.0. The number of nitrogen functional groups attached to an aromatic ring is 2.